The van der Waals surface area contributed by atoms with Gasteiger partial charge in [0.25, 0.3) is 0 Å². The molecule has 7 nitrogen and oxygen atoms in total. The third-order valence-electron chi connectivity index (χ3n) is 2.54. The number of nitrogens with zero attached hydrogens (tertiary/aromatic N) is 5. The third kappa shape index (κ3) is 2.87. The van der Waals surface area contributed by atoms with E-state index in [1.807, 2.05) is 7.05 Å². The van der Waals surface area contributed by atoms with Crippen LogP contribution in [0, 0.1) is 0 Å². The van der Waals surface area contributed by atoms with Crippen molar-refractivity contribution < 1.29 is 0 Å². The van der Waals surface area contributed by atoms with Gasteiger partial charge < -0.3 is 10.6 Å². The van der Waals surface area contributed by atoms with Gasteiger partial charge in [0, 0.05) is 46.3 Å². The minimum Gasteiger partial charge on any atom is -0.352 e. The number of aryl methyl sites for hydroxylation is 1. The first-order chi connectivity index (χ1) is 7.36. The summed E-state index contributed by atoms with van der Waals surface area (Å²) < 4.78 is 1.64. The summed E-state index contributed by atoms with van der Waals surface area (Å²) in [7, 11) is 1.83. The molecular weight excluding hydrogens is 194 g/mol. The highest BCUT2D eigenvalue weighted by molar-refractivity contribution is 5.20. The van der Waals surface area contributed by atoms with E-state index in [-0.39, 0.29) is 0 Å². The zero-order chi connectivity index (χ0) is 10.5. The molecule has 0 atom stereocenters. The molecule has 1 aromatic heterocycles. The molecular formula is C8H17N7. The lowest BCUT2D eigenvalue weighted by Gasteiger charge is -2.26. The van der Waals surface area contributed by atoms with Crippen LogP contribution in [0.5, 0.6) is 0 Å². The van der Waals surface area contributed by atoms with Gasteiger partial charge in [0.05, 0.1) is 0 Å². The largest absolute Gasteiger partial charge is 0.352 e. The molecule has 84 valence electrons. The van der Waals surface area contributed by atoms with Crippen molar-refractivity contribution in [3.8, 4) is 0 Å². The lowest BCUT2D eigenvalue weighted by molar-refractivity contribution is 0.249. The van der Waals surface area contributed by atoms with Crippen LogP contribution in [-0.4, -0.2) is 64.4 Å². The fourth-order valence-electron chi connectivity index (χ4n) is 1.64. The average Bonchev–Trinajstić information content (AvgIpc) is 2.66. The highest BCUT2D eigenvalue weighted by Crippen LogP contribution is 1.96. The van der Waals surface area contributed by atoms with Gasteiger partial charge in [-0.2, -0.15) is 0 Å². The molecule has 2 N–H and O–H groups in total. The number of tetrazole rings is 1. The van der Waals surface area contributed by atoms with Crippen LogP contribution in [-0.2, 0) is 7.05 Å². The Hall–Kier alpha value is -1.21. The third-order valence-corrected chi connectivity index (χ3v) is 2.54. The van der Waals surface area contributed by atoms with Crippen LogP contribution in [0.15, 0.2) is 0 Å². The SMILES string of the molecule is Cn1nnnc1NCCN1CCNCC1. The van der Waals surface area contributed by atoms with Gasteiger partial charge in [-0.15, -0.1) is 0 Å². The van der Waals surface area contributed by atoms with E-state index in [1.54, 1.807) is 4.68 Å². The quantitative estimate of drug-likeness (QED) is 0.633. The van der Waals surface area contributed by atoms with Crippen molar-refractivity contribution in [1.82, 2.24) is 30.4 Å². The van der Waals surface area contributed by atoms with Crippen LogP contribution in [0.1, 0.15) is 0 Å². The molecule has 0 amide bonds. The predicted octanol–water partition coefficient (Wildman–Crippen LogP) is -1.47. The average molecular weight is 211 g/mol. The van der Waals surface area contributed by atoms with Crippen LogP contribution in [0.3, 0.4) is 0 Å². The molecule has 0 aliphatic carbocycles. The standard InChI is InChI=1S/C8H17N7/c1-14-8(11-12-13-14)10-4-7-15-5-2-9-3-6-15/h9H,2-7H2,1H3,(H,10,11,13). The molecule has 2 heterocycles. The highest BCUT2D eigenvalue weighted by atomic mass is 15.6. The second kappa shape index (κ2) is 5.04. The van der Waals surface area contributed by atoms with Crippen LogP contribution in [0.25, 0.3) is 0 Å². The molecule has 0 radical (unpaired) electrons. The summed E-state index contributed by atoms with van der Waals surface area (Å²) in [4.78, 5) is 2.42. The number of nitrogens with one attached hydrogen (secondary N) is 2. The summed E-state index contributed by atoms with van der Waals surface area (Å²) in [6.07, 6.45) is 0. The van der Waals surface area contributed by atoms with Crippen LogP contribution in [0.4, 0.5) is 5.95 Å². The van der Waals surface area contributed by atoms with Crippen molar-refractivity contribution in [2.75, 3.05) is 44.6 Å². The van der Waals surface area contributed by atoms with Gasteiger partial charge >= 0.3 is 0 Å². The van der Waals surface area contributed by atoms with Crippen molar-refractivity contribution in [2.45, 2.75) is 0 Å². The Bertz CT molecular complexity index is 291. The number of hydrogen-bond acceptors (Lipinski definition) is 6. The molecule has 0 spiro atoms. The maximum atomic E-state index is 3.86. The van der Waals surface area contributed by atoms with Crippen molar-refractivity contribution >= 4 is 5.95 Å². The minimum atomic E-state index is 0.727. The van der Waals surface area contributed by atoms with Gasteiger partial charge in [0.15, 0.2) is 0 Å². The van der Waals surface area contributed by atoms with Crippen LogP contribution < -0.4 is 10.6 Å². The zero-order valence-corrected chi connectivity index (χ0v) is 8.98. The smallest absolute Gasteiger partial charge is 0.242 e. The van der Waals surface area contributed by atoms with E-state index in [4.69, 9.17) is 0 Å². The van der Waals surface area contributed by atoms with Crippen molar-refractivity contribution in [3.63, 3.8) is 0 Å². The maximum absolute atomic E-state index is 3.86. The Balaban J connectivity index is 1.68. The zero-order valence-electron chi connectivity index (χ0n) is 8.98. The number of rotatable bonds is 4. The first-order valence-electron chi connectivity index (χ1n) is 5.25. The Morgan fingerprint density at radius 2 is 2.20 bits per heavy atom. The van der Waals surface area contributed by atoms with Gasteiger partial charge in [0.1, 0.15) is 0 Å². The molecule has 1 saturated heterocycles. The number of anilines is 1. The maximum Gasteiger partial charge on any atom is 0.242 e. The molecule has 0 saturated carbocycles. The monoisotopic (exact) mass is 211 g/mol. The van der Waals surface area contributed by atoms with Gasteiger partial charge in [-0.1, -0.05) is 5.10 Å². The van der Waals surface area contributed by atoms with E-state index in [0.717, 1.165) is 45.2 Å². The summed E-state index contributed by atoms with van der Waals surface area (Å²) >= 11 is 0. The Morgan fingerprint density at radius 3 is 2.87 bits per heavy atom. The first kappa shape index (κ1) is 10.3. The number of piperazine rings is 1. The van der Waals surface area contributed by atoms with E-state index in [9.17, 15) is 0 Å². The fourth-order valence-corrected chi connectivity index (χ4v) is 1.64. The van der Waals surface area contributed by atoms with Gasteiger partial charge in [0.2, 0.25) is 5.95 Å². The van der Waals surface area contributed by atoms with Gasteiger partial charge in [-0.05, 0) is 10.4 Å². The van der Waals surface area contributed by atoms with E-state index in [1.165, 1.54) is 0 Å². The predicted molar refractivity (Wildman–Crippen MR) is 56.6 cm³/mol. The van der Waals surface area contributed by atoms with Gasteiger partial charge in [-0.3, -0.25) is 4.90 Å². The molecule has 1 aliphatic heterocycles. The van der Waals surface area contributed by atoms with Crippen molar-refractivity contribution in [2.24, 2.45) is 7.05 Å². The lowest BCUT2D eigenvalue weighted by Crippen LogP contribution is -2.45. The van der Waals surface area contributed by atoms with Crippen molar-refractivity contribution in [3.05, 3.63) is 0 Å². The summed E-state index contributed by atoms with van der Waals surface area (Å²) in [5.74, 6) is 0.727. The number of hydrogen-bond donors (Lipinski definition) is 2. The van der Waals surface area contributed by atoms with E-state index < -0.39 is 0 Å². The molecule has 0 aromatic carbocycles. The molecule has 1 fully saturated rings. The van der Waals surface area contributed by atoms with E-state index in [0.29, 0.717) is 0 Å². The van der Waals surface area contributed by atoms with Gasteiger partial charge in [-0.25, -0.2) is 4.68 Å². The molecule has 2 rings (SSSR count). The Kier molecular flexibility index (Phi) is 3.46. The van der Waals surface area contributed by atoms with Crippen LogP contribution >= 0.6 is 0 Å². The summed E-state index contributed by atoms with van der Waals surface area (Å²) in [6, 6.07) is 0. The topological polar surface area (TPSA) is 70.9 Å². The Morgan fingerprint density at radius 1 is 1.40 bits per heavy atom. The molecule has 15 heavy (non-hydrogen) atoms. The Labute approximate surface area is 88.8 Å². The number of aromatic nitrogens is 4. The second-order valence-corrected chi connectivity index (χ2v) is 3.64. The molecule has 7 heteroatoms. The molecule has 0 unspecified atom stereocenters. The molecule has 1 aliphatic rings. The first-order valence-corrected chi connectivity index (χ1v) is 5.25. The summed E-state index contributed by atoms with van der Waals surface area (Å²) in [6.45, 7) is 6.34. The second-order valence-electron chi connectivity index (χ2n) is 3.64. The minimum absolute atomic E-state index is 0.727. The van der Waals surface area contributed by atoms with E-state index in [2.05, 4.69) is 31.1 Å². The summed E-state index contributed by atoms with van der Waals surface area (Å²) in [5.41, 5.74) is 0. The highest BCUT2D eigenvalue weighted by Gasteiger charge is 2.08. The molecule has 0 bridgehead atoms. The summed E-state index contributed by atoms with van der Waals surface area (Å²) in [5, 5.41) is 17.7. The normalized spacial score (nSPS) is 17.9. The van der Waals surface area contributed by atoms with E-state index >= 15 is 0 Å². The lowest BCUT2D eigenvalue weighted by atomic mass is 10.3. The van der Waals surface area contributed by atoms with Crippen LogP contribution in [0.2, 0.25) is 0 Å². The fraction of sp³-hybridized carbons (Fsp3) is 0.875. The molecule has 1 aromatic rings. The van der Waals surface area contributed by atoms with Crippen molar-refractivity contribution in [1.29, 1.82) is 0 Å².